The molecule has 22 heavy (non-hydrogen) atoms. The van der Waals surface area contributed by atoms with Crippen LogP contribution in [0.2, 0.25) is 0 Å². The molecule has 0 saturated carbocycles. The molecule has 0 atom stereocenters. The third-order valence-corrected chi connectivity index (χ3v) is 3.57. The van der Waals surface area contributed by atoms with E-state index in [0.29, 0.717) is 24.2 Å². The standard InChI is InChI=1S/C14H16FN5O2/c1-2-22-13(21)11-9-4-3-8-7-17-14(16)18-10(8)12(9)20(19-11)6-5-15/h7H,2-6H2,1H3,(H2,16,17,18). The van der Waals surface area contributed by atoms with Gasteiger partial charge >= 0.3 is 5.97 Å². The van der Waals surface area contributed by atoms with Gasteiger partial charge in [-0.3, -0.25) is 4.68 Å². The maximum absolute atomic E-state index is 12.8. The molecule has 7 nitrogen and oxygen atoms in total. The Morgan fingerprint density at radius 1 is 1.50 bits per heavy atom. The molecule has 0 amide bonds. The summed E-state index contributed by atoms with van der Waals surface area (Å²) in [5.74, 6) is -0.362. The van der Waals surface area contributed by atoms with E-state index in [0.717, 1.165) is 11.1 Å². The molecule has 0 bridgehead atoms. The highest BCUT2D eigenvalue weighted by molar-refractivity contribution is 5.91. The van der Waals surface area contributed by atoms with Gasteiger partial charge in [0.25, 0.3) is 0 Å². The molecule has 0 radical (unpaired) electrons. The van der Waals surface area contributed by atoms with Crippen molar-refractivity contribution in [3.05, 3.63) is 23.0 Å². The van der Waals surface area contributed by atoms with Gasteiger partial charge in [0.05, 0.1) is 24.5 Å². The fraction of sp³-hybridized carbons (Fsp3) is 0.429. The lowest BCUT2D eigenvalue weighted by Gasteiger charge is -2.17. The van der Waals surface area contributed by atoms with Gasteiger partial charge in [-0.1, -0.05) is 0 Å². The van der Waals surface area contributed by atoms with Crippen molar-refractivity contribution >= 4 is 11.9 Å². The number of nitrogen functional groups attached to an aromatic ring is 1. The van der Waals surface area contributed by atoms with Crippen molar-refractivity contribution in [2.24, 2.45) is 0 Å². The van der Waals surface area contributed by atoms with Crippen LogP contribution in [0.3, 0.4) is 0 Å². The fourth-order valence-corrected chi connectivity index (χ4v) is 2.67. The third kappa shape index (κ3) is 2.30. The number of rotatable bonds is 4. The second-order valence-electron chi connectivity index (χ2n) is 4.91. The zero-order chi connectivity index (χ0) is 15.7. The van der Waals surface area contributed by atoms with Crippen LogP contribution in [-0.2, 0) is 24.1 Å². The van der Waals surface area contributed by atoms with Crippen molar-refractivity contribution in [1.82, 2.24) is 19.7 Å². The predicted molar refractivity (Wildman–Crippen MR) is 77.0 cm³/mol. The van der Waals surface area contributed by atoms with E-state index in [9.17, 15) is 9.18 Å². The Kier molecular flexibility index (Phi) is 3.74. The van der Waals surface area contributed by atoms with Crippen LogP contribution in [0.5, 0.6) is 0 Å². The third-order valence-electron chi connectivity index (χ3n) is 3.57. The van der Waals surface area contributed by atoms with E-state index >= 15 is 0 Å². The van der Waals surface area contributed by atoms with E-state index in [-0.39, 0.29) is 24.8 Å². The zero-order valence-electron chi connectivity index (χ0n) is 12.2. The molecule has 0 fully saturated rings. The number of halogens is 1. The Bertz CT molecular complexity index is 728. The number of hydrogen-bond acceptors (Lipinski definition) is 6. The van der Waals surface area contributed by atoms with E-state index < -0.39 is 12.6 Å². The Balaban J connectivity index is 2.18. The molecule has 2 N–H and O–H groups in total. The van der Waals surface area contributed by atoms with Gasteiger partial charge in [0.1, 0.15) is 6.67 Å². The number of nitrogens with two attached hydrogens (primary N) is 1. The maximum Gasteiger partial charge on any atom is 0.359 e. The molecular formula is C14H16FN5O2. The van der Waals surface area contributed by atoms with Gasteiger partial charge in [-0.2, -0.15) is 5.10 Å². The van der Waals surface area contributed by atoms with Crippen LogP contribution in [-0.4, -0.2) is 39.0 Å². The van der Waals surface area contributed by atoms with Crippen LogP contribution in [0.1, 0.15) is 28.5 Å². The van der Waals surface area contributed by atoms with Gasteiger partial charge in [0.15, 0.2) is 5.69 Å². The molecule has 2 aromatic rings. The summed E-state index contributed by atoms with van der Waals surface area (Å²) in [7, 11) is 0. The molecule has 1 aliphatic carbocycles. The number of hydrogen-bond donors (Lipinski definition) is 1. The van der Waals surface area contributed by atoms with Crippen molar-refractivity contribution in [3.63, 3.8) is 0 Å². The number of alkyl halides is 1. The van der Waals surface area contributed by atoms with Gasteiger partial charge in [0, 0.05) is 11.8 Å². The van der Waals surface area contributed by atoms with Gasteiger partial charge < -0.3 is 10.5 Å². The van der Waals surface area contributed by atoms with Crippen molar-refractivity contribution in [3.8, 4) is 11.4 Å². The monoisotopic (exact) mass is 305 g/mol. The summed E-state index contributed by atoms with van der Waals surface area (Å²) in [6.45, 7) is 1.44. The van der Waals surface area contributed by atoms with Crippen LogP contribution in [0.25, 0.3) is 11.4 Å². The highest BCUT2D eigenvalue weighted by Crippen LogP contribution is 2.34. The molecule has 2 heterocycles. The van der Waals surface area contributed by atoms with Gasteiger partial charge in [-0.25, -0.2) is 19.2 Å². The van der Waals surface area contributed by atoms with Gasteiger partial charge in [-0.05, 0) is 25.3 Å². The lowest BCUT2D eigenvalue weighted by Crippen LogP contribution is -2.13. The van der Waals surface area contributed by atoms with Crippen molar-refractivity contribution in [1.29, 1.82) is 0 Å². The number of carbonyl (C=O) groups excluding carboxylic acids is 1. The summed E-state index contributed by atoms with van der Waals surface area (Å²) < 4.78 is 19.3. The van der Waals surface area contributed by atoms with Gasteiger partial charge in [0.2, 0.25) is 5.95 Å². The highest BCUT2D eigenvalue weighted by Gasteiger charge is 2.30. The molecule has 0 spiro atoms. The number of aryl methyl sites for hydroxylation is 2. The Morgan fingerprint density at radius 2 is 2.32 bits per heavy atom. The number of esters is 1. The molecule has 0 aromatic carbocycles. The summed E-state index contributed by atoms with van der Waals surface area (Å²) in [5.41, 5.74) is 8.79. The van der Waals surface area contributed by atoms with Crippen molar-refractivity contribution in [2.45, 2.75) is 26.3 Å². The zero-order valence-corrected chi connectivity index (χ0v) is 12.2. The summed E-state index contributed by atoms with van der Waals surface area (Å²) in [6, 6.07) is 0. The molecule has 0 aliphatic heterocycles. The topological polar surface area (TPSA) is 95.9 Å². The molecule has 2 aromatic heterocycles. The normalized spacial score (nSPS) is 12.6. The van der Waals surface area contributed by atoms with E-state index in [1.807, 2.05) is 0 Å². The Labute approximate surface area is 126 Å². The quantitative estimate of drug-likeness (QED) is 0.852. The second-order valence-corrected chi connectivity index (χ2v) is 4.91. The summed E-state index contributed by atoms with van der Waals surface area (Å²) in [6.07, 6.45) is 2.95. The SMILES string of the molecule is CCOC(=O)c1nn(CCF)c2c1CCc1cnc(N)nc1-2. The lowest BCUT2D eigenvalue weighted by atomic mass is 9.93. The summed E-state index contributed by atoms with van der Waals surface area (Å²) >= 11 is 0. The van der Waals surface area contributed by atoms with Crippen LogP contribution >= 0.6 is 0 Å². The molecule has 8 heteroatoms. The van der Waals surface area contributed by atoms with Crippen LogP contribution in [0.4, 0.5) is 10.3 Å². The summed E-state index contributed by atoms with van der Waals surface area (Å²) in [5, 5.41) is 4.23. The minimum absolute atomic E-state index is 0.0467. The minimum Gasteiger partial charge on any atom is -0.461 e. The highest BCUT2D eigenvalue weighted by atomic mass is 19.1. The van der Waals surface area contributed by atoms with Crippen molar-refractivity contribution < 1.29 is 13.9 Å². The molecule has 1 aliphatic rings. The maximum atomic E-state index is 12.8. The number of aromatic nitrogens is 4. The number of anilines is 1. The minimum atomic E-state index is -0.591. The van der Waals surface area contributed by atoms with Crippen LogP contribution in [0.15, 0.2) is 6.20 Å². The number of ether oxygens (including phenoxy) is 1. The Morgan fingerprint density at radius 3 is 3.05 bits per heavy atom. The first kappa shape index (κ1) is 14.4. The Hall–Kier alpha value is -2.51. The molecular weight excluding hydrogens is 289 g/mol. The van der Waals surface area contributed by atoms with E-state index in [4.69, 9.17) is 10.5 Å². The largest absolute Gasteiger partial charge is 0.461 e. The van der Waals surface area contributed by atoms with E-state index in [1.165, 1.54) is 4.68 Å². The second kappa shape index (κ2) is 5.70. The first-order valence-electron chi connectivity index (χ1n) is 7.10. The van der Waals surface area contributed by atoms with Crippen LogP contribution in [0, 0.1) is 0 Å². The predicted octanol–water partition coefficient (Wildman–Crippen LogP) is 1.17. The molecule has 0 saturated heterocycles. The smallest absolute Gasteiger partial charge is 0.359 e. The summed E-state index contributed by atoms with van der Waals surface area (Å²) in [4.78, 5) is 20.3. The number of nitrogens with zero attached hydrogens (tertiary/aromatic N) is 4. The van der Waals surface area contributed by atoms with Gasteiger partial charge in [-0.15, -0.1) is 0 Å². The first-order chi connectivity index (χ1) is 10.7. The average Bonchev–Trinajstić information content (AvgIpc) is 2.87. The first-order valence-corrected chi connectivity index (χ1v) is 7.10. The van der Waals surface area contributed by atoms with E-state index in [1.54, 1.807) is 13.1 Å². The number of carbonyl (C=O) groups is 1. The average molecular weight is 305 g/mol. The number of fused-ring (bicyclic) bond motifs is 3. The fourth-order valence-electron chi connectivity index (χ4n) is 2.67. The molecule has 116 valence electrons. The van der Waals surface area contributed by atoms with E-state index in [2.05, 4.69) is 15.1 Å². The molecule has 3 rings (SSSR count). The molecule has 0 unspecified atom stereocenters. The lowest BCUT2D eigenvalue weighted by molar-refractivity contribution is 0.0517. The van der Waals surface area contributed by atoms with Crippen molar-refractivity contribution in [2.75, 3.05) is 19.0 Å². The van der Waals surface area contributed by atoms with Crippen LogP contribution < -0.4 is 5.73 Å².